The third-order valence-corrected chi connectivity index (χ3v) is 4.24. The summed E-state index contributed by atoms with van der Waals surface area (Å²) in [5.74, 6) is 1.45. The maximum atomic E-state index is 4.53. The van der Waals surface area contributed by atoms with Crippen molar-refractivity contribution in [2.45, 2.75) is 19.4 Å². The summed E-state index contributed by atoms with van der Waals surface area (Å²) in [5.41, 5.74) is 2.54. The Morgan fingerprint density at radius 2 is 1.88 bits per heavy atom. The molecule has 2 aromatic heterocycles. The lowest BCUT2D eigenvalue weighted by molar-refractivity contribution is 0.837. The van der Waals surface area contributed by atoms with Crippen LogP contribution in [0.5, 0.6) is 0 Å². The highest BCUT2D eigenvalue weighted by Crippen LogP contribution is 2.20. The Morgan fingerprint density at radius 3 is 2.62 bits per heavy atom. The van der Waals surface area contributed by atoms with E-state index in [2.05, 4.69) is 49.5 Å². The predicted octanol–water partition coefficient (Wildman–Crippen LogP) is 2.87. The Bertz CT molecular complexity index is 776. The van der Waals surface area contributed by atoms with Gasteiger partial charge in [-0.3, -0.25) is 4.98 Å². The molecule has 122 valence electrons. The molecule has 0 radical (unpaired) electrons. The molecule has 0 saturated carbocycles. The molecule has 1 aliphatic rings. The molecule has 1 N–H and O–H groups in total. The molecular weight excluding hydrogens is 300 g/mol. The molecule has 24 heavy (non-hydrogen) atoms. The normalized spacial score (nSPS) is 14.1. The third kappa shape index (κ3) is 3.22. The Morgan fingerprint density at radius 1 is 1.04 bits per heavy atom. The number of nitrogens with zero attached hydrogens (tertiary/aromatic N) is 5. The van der Waals surface area contributed by atoms with Crippen molar-refractivity contribution < 1.29 is 0 Å². The van der Waals surface area contributed by atoms with Crippen molar-refractivity contribution in [2.75, 3.05) is 23.3 Å². The maximum absolute atomic E-state index is 4.53. The molecule has 3 heterocycles. The predicted molar refractivity (Wildman–Crippen MR) is 94.4 cm³/mol. The fourth-order valence-corrected chi connectivity index (χ4v) is 2.95. The smallest absolute Gasteiger partial charge is 0.173 e. The minimum atomic E-state index is 0.703. The van der Waals surface area contributed by atoms with Crippen molar-refractivity contribution in [1.82, 2.24) is 19.7 Å². The van der Waals surface area contributed by atoms with Crippen LogP contribution in [0.25, 0.3) is 5.82 Å². The Hall–Kier alpha value is -2.89. The van der Waals surface area contributed by atoms with E-state index in [4.69, 9.17) is 0 Å². The standard InChI is InChI=1S/C18H20N6/c1-2-10-23(9-1)16-6-4-15(5-7-16)12-20-17-13-19-14-18(22-17)24-11-3-8-21-24/h3-8,11,13-14H,1-2,9-10,12H2,(H,20,22). The SMILES string of the molecule is c1cnn(-c2cncc(NCc3ccc(N4CCCC4)cc3)n2)c1. The van der Waals surface area contributed by atoms with E-state index in [-0.39, 0.29) is 0 Å². The fraction of sp³-hybridized carbons (Fsp3) is 0.278. The number of rotatable bonds is 5. The van der Waals surface area contributed by atoms with Crippen LogP contribution in [-0.2, 0) is 6.54 Å². The van der Waals surface area contributed by atoms with Gasteiger partial charge in [0, 0.05) is 37.7 Å². The second-order valence-electron chi connectivity index (χ2n) is 5.93. The van der Waals surface area contributed by atoms with Crippen LogP contribution >= 0.6 is 0 Å². The maximum Gasteiger partial charge on any atom is 0.173 e. The van der Waals surface area contributed by atoms with Crippen molar-refractivity contribution in [3.05, 3.63) is 60.7 Å². The van der Waals surface area contributed by atoms with E-state index < -0.39 is 0 Å². The van der Waals surface area contributed by atoms with Gasteiger partial charge in [-0.25, -0.2) is 9.67 Å². The van der Waals surface area contributed by atoms with Gasteiger partial charge >= 0.3 is 0 Å². The molecule has 0 amide bonds. The Balaban J connectivity index is 1.40. The van der Waals surface area contributed by atoms with Gasteiger partial charge in [-0.15, -0.1) is 0 Å². The monoisotopic (exact) mass is 320 g/mol. The highest BCUT2D eigenvalue weighted by molar-refractivity contribution is 5.49. The first-order chi connectivity index (χ1) is 11.9. The Labute approximate surface area is 141 Å². The first-order valence-corrected chi connectivity index (χ1v) is 8.28. The average molecular weight is 320 g/mol. The molecule has 0 spiro atoms. The van der Waals surface area contributed by atoms with Crippen molar-refractivity contribution in [2.24, 2.45) is 0 Å². The summed E-state index contributed by atoms with van der Waals surface area (Å²) in [4.78, 5) is 11.2. The summed E-state index contributed by atoms with van der Waals surface area (Å²) in [5, 5.41) is 7.50. The van der Waals surface area contributed by atoms with Gasteiger partial charge in [0.1, 0.15) is 5.82 Å². The quantitative estimate of drug-likeness (QED) is 0.783. The van der Waals surface area contributed by atoms with Crippen LogP contribution in [0.1, 0.15) is 18.4 Å². The van der Waals surface area contributed by atoms with Gasteiger partial charge in [-0.1, -0.05) is 12.1 Å². The van der Waals surface area contributed by atoms with Gasteiger partial charge in [0.2, 0.25) is 0 Å². The highest BCUT2D eigenvalue weighted by Gasteiger charge is 2.11. The lowest BCUT2D eigenvalue weighted by atomic mass is 10.2. The summed E-state index contributed by atoms with van der Waals surface area (Å²) in [6.07, 6.45) is 9.60. The van der Waals surface area contributed by atoms with Crippen molar-refractivity contribution in [3.8, 4) is 5.82 Å². The number of nitrogens with one attached hydrogen (secondary N) is 1. The lowest BCUT2D eigenvalue weighted by Crippen LogP contribution is -2.17. The molecule has 6 nitrogen and oxygen atoms in total. The first kappa shape index (κ1) is 14.7. The van der Waals surface area contributed by atoms with Crippen molar-refractivity contribution in [3.63, 3.8) is 0 Å². The second-order valence-corrected chi connectivity index (χ2v) is 5.93. The largest absolute Gasteiger partial charge is 0.372 e. The molecule has 1 aromatic carbocycles. The molecule has 0 unspecified atom stereocenters. The van der Waals surface area contributed by atoms with Crippen LogP contribution in [0.2, 0.25) is 0 Å². The zero-order chi connectivity index (χ0) is 16.2. The number of aromatic nitrogens is 4. The van der Waals surface area contributed by atoms with Crippen LogP contribution in [0.4, 0.5) is 11.5 Å². The summed E-state index contributed by atoms with van der Waals surface area (Å²) in [7, 11) is 0. The number of hydrogen-bond donors (Lipinski definition) is 1. The molecule has 4 rings (SSSR count). The molecule has 0 atom stereocenters. The van der Waals surface area contributed by atoms with Crippen LogP contribution in [-0.4, -0.2) is 32.8 Å². The minimum absolute atomic E-state index is 0.703. The zero-order valence-corrected chi connectivity index (χ0v) is 13.5. The summed E-state index contributed by atoms with van der Waals surface area (Å²) in [6.45, 7) is 3.07. The Kier molecular flexibility index (Phi) is 4.10. The van der Waals surface area contributed by atoms with Gasteiger partial charge in [-0.2, -0.15) is 5.10 Å². The summed E-state index contributed by atoms with van der Waals surface area (Å²) in [6, 6.07) is 10.6. The van der Waals surface area contributed by atoms with Gasteiger partial charge in [-0.05, 0) is 36.6 Å². The van der Waals surface area contributed by atoms with Gasteiger partial charge in [0.05, 0.1) is 12.4 Å². The summed E-state index contributed by atoms with van der Waals surface area (Å²) < 4.78 is 1.70. The molecule has 1 fully saturated rings. The minimum Gasteiger partial charge on any atom is -0.372 e. The summed E-state index contributed by atoms with van der Waals surface area (Å²) >= 11 is 0. The second kappa shape index (κ2) is 6.70. The molecule has 0 aliphatic carbocycles. The molecular formula is C18H20N6. The van der Waals surface area contributed by atoms with Gasteiger partial charge < -0.3 is 10.2 Å². The van der Waals surface area contributed by atoms with Crippen LogP contribution in [0, 0.1) is 0 Å². The molecule has 1 aliphatic heterocycles. The third-order valence-electron chi connectivity index (χ3n) is 4.24. The van der Waals surface area contributed by atoms with E-state index in [1.54, 1.807) is 23.3 Å². The lowest BCUT2D eigenvalue weighted by Gasteiger charge is -2.17. The van der Waals surface area contributed by atoms with E-state index in [1.165, 1.54) is 37.2 Å². The van der Waals surface area contributed by atoms with Crippen LogP contribution in [0.15, 0.2) is 55.1 Å². The molecule has 6 heteroatoms. The van der Waals surface area contributed by atoms with Crippen LogP contribution < -0.4 is 10.2 Å². The van der Waals surface area contributed by atoms with E-state index in [1.807, 2.05) is 12.3 Å². The average Bonchev–Trinajstić information content (AvgIpc) is 3.34. The highest BCUT2D eigenvalue weighted by atomic mass is 15.3. The topological polar surface area (TPSA) is 58.9 Å². The van der Waals surface area contributed by atoms with Gasteiger partial charge in [0.15, 0.2) is 5.82 Å². The number of hydrogen-bond acceptors (Lipinski definition) is 5. The number of benzene rings is 1. The van der Waals surface area contributed by atoms with Crippen LogP contribution in [0.3, 0.4) is 0 Å². The van der Waals surface area contributed by atoms with E-state index >= 15 is 0 Å². The fourth-order valence-electron chi connectivity index (χ4n) is 2.95. The zero-order valence-electron chi connectivity index (χ0n) is 13.5. The molecule has 1 saturated heterocycles. The van der Waals surface area contributed by atoms with Gasteiger partial charge in [0.25, 0.3) is 0 Å². The molecule has 3 aromatic rings. The van der Waals surface area contributed by atoms with E-state index in [0.29, 0.717) is 5.82 Å². The van der Waals surface area contributed by atoms with Crippen molar-refractivity contribution >= 4 is 11.5 Å². The molecule has 0 bridgehead atoms. The first-order valence-electron chi connectivity index (χ1n) is 8.28. The van der Waals surface area contributed by atoms with E-state index in [9.17, 15) is 0 Å². The number of anilines is 2. The van der Waals surface area contributed by atoms with E-state index in [0.717, 1.165) is 12.4 Å². The van der Waals surface area contributed by atoms with Crippen molar-refractivity contribution in [1.29, 1.82) is 0 Å².